The Hall–Kier alpha value is -2.37. The van der Waals surface area contributed by atoms with Crippen molar-refractivity contribution in [1.29, 1.82) is 0 Å². The summed E-state index contributed by atoms with van der Waals surface area (Å²) in [7, 11) is 0. The number of fused-ring (bicyclic) bond motifs is 1. The Bertz CT molecular complexity index is 931. The summed E-state index contributed by atoms with van der Waals surface area (Å²) in [6.45, 7) is 5.77. The number of anilines is 1. The fraction of sp³-hybridized carbons (Fsp3) is 0.286. The molecule has 0 bridgehead atoms. The van der Waals surface area contributed by atoms with Gasteiger partial charge in [0.2, 0.25) is 5.91 Å². The first-order valence-corrected chi connectivity index (χ1v) is 9.69. The second kappa shape index (κ2) is 7.94. The van der Waals surface area contributed by atoms with Gasteiger partial charge >= 0.3 is 0 Å². The topological polar surface area (TPSA) is 66.5 Å². The molecule has 0 aromatic heterocycles. The van der Waals surface area contributed by atoms with Gasteiger partial charge in [0.15, 0.2) is 0 Å². The highest BCUT2D eigenvalue weighted by atomic mass is 35.5. The van der Waals surface area contributed by atoms with Crippen molar-refractivity contribution >= 4 is 46.6 Å². The van der Waals surface area contributed by atoms with Crippen LogP contribution in [-0.4, -0.2) is 28.7 Å². The lowest BCUT2D eigenvalue weighted by Gasteiger charge is -2.26. The number of amides is 3. The van der Waals surface area contributed by atoms with Crippen molar-refractivity contribution in [2.75, 3.05) is 5.32 Å². The van der Waals surface area contributed by atoms with Crippen LogP contribution in [0.5, 0.6) is 0 Å². The van der Waals surface area contributed by atoms with Crippen molar-refractivity contribution in [2.24, 2.45) is 5.92 Å². The molecule has 2 aromatic rings. The fourth-order valence-electron chi connectivity index (χ4n) is 3.26. The largest absolute Gasteiger partial charge is 0.324 e. The molecule has 0 spiro atoms. The number of carbonyl (C=O) groups excluding carboxylic acids is 3. The third kappa shape index (κ3) is 3.91. The zero-order chi connectivity index (χ0) is 20.6. The number of benzene rings is 2. The first-order valence-electron chi connectivity index (χ1n) is 8.93. The molecule has 0 saturated heterocycles. The van der Waals surface area contributed by atoms with E-state index in [-0.39, 0.29) is 27.1 Å². The molecular weight excluding hydrogens is 399 g/mol. The van der Waals surface area contributed by atoms with Gasteiger partial charge in [0.1, 0.15) is 6.04 Å². The van der Waals surface area contributed by atoms with Gasteiger partial charge in [-0.15, -0.1) is 0 Å². The van der Waals surface area contributed by atoms with Crippen LogP contribution in [0.3, 0.4) is 0 Å². The quantitative estimate of drug-likeness (QED) is 0.698. The molecule has 0 aliphatic carbocycles. The molecule has 5 nitrogen and oxygen atoms in total. The smallest absolute Gasteiger partial charge is 0.262 e. The second-order valence-corrected chi connectivity index (χ2v) is 8.11. The minimum atomic E-state index is -0.939. The lowest BCUT2D eigenvalue weighted by molar-refractivity contribution is -0.120. The van der Waals surface area contributed by atoms with Crippen LogP contribution < -0.4 is 5.32 Å². The summed E-state index contributed by atoms with van der Waals surface area (Å²) in [4.78, 5) is 39.9. The Morgan fingerprint density at radius 2 is 1.61 bits per heavy atom. The van der Waals surface area contributed by atoms with Crippen molar-refractivity contribution in [2.45, 2.75) is 33.2 Å². The number of aryl methyl sites for hydroxylation is 1. The third-order valence-electron chi connectivity index (χ3n) is 4.55. The number of carbonyl (C=O) groups is 3. The maximum atomic E-state index is 13.0. The van der Waals surface area contributed by atoms with Crippen molar-refractivity contribution in [3.63, 3.8) is 0 Å². The molecule has 146 valence electrons. The van der Waals surface area contributed by atoms with E-state index in [1.165, 1.54) is 12.1 Å². The van der Waals surface area contributed by atoms with Gasteiger partial charge in [-0.25, -0.2) is 0 Å². The molecular formula is C21H20Cl2N2O3. The molecule has 1 N–H and O–H groups in total. The van der Waals surface area contributed by atoms with Gasteiger partial charge in [0.25, 0.3) is 11.8 Å². The Labute approximate surface area is 173 Å². The second-order valence-electron chi connectivity index (χ2n) is 7.30. The Balaban J connectivity index is 1.94. The molecule has 1 aliphatic rings. The highest BCUT2D eigenvalue weighted by Gasteiger charge is 2.43. The van der Waals surface area contributed by atoms with E-state index in [1.54, 1.807) is 6.07 Å². The van der Waals surface area contributed by atoms with Crippen LogP contribution in [0.1, 0.15) is 46.5 Å². The zero-order valence-electron chi connectivity index (χ0n) is 15.8. The summed E-state index contributed by atoms with van der Waals surface area (Å²) in [5.41, 5.74) is 1.93. The van der Waals surface area contributed by atoms with E-state index in [1.807, 2.05) is 39.0 Å². The maximum Gasteiger partial charge on any atom is 0.262 e. The highest BCUT2D eigenvalue weighted by molar-refractivity contribution is 6.43. The predicted octanol–water partition coefficient (Wildman–Crippen LogP) is 4.95. The summed E-state index contributed by atoms with van der Waals surface area (Å²) in [5, 5.41) is 3.19. The maximum absolute atomic E-state index is 13.0. The summed E-state index contributed by atoms with van der Waals surface area (Å²) < 4.78 is 0. The SMILES string of the molecule is Cc1cccc(NC(=O)[C@@H](CC(C)C)N2C(=O)c3cc(Cl)c(Cl)cc3C2=O)c1. The molecule has 0 radical (unpaired) electrons. The Morgan fingerprint density at radius 3 is 2.11 bits per heavy atom. The van der Waals surface area contributed by atoms with Crippen molar-refractivity contribution in [3.05, 3.63) is 63.1 Å². The van der Waals surface area contributed by atoms with Gasteiger partial charge in [0, 0.05) is 5.69 Å². The minimum Gasteiger partial charge on any atom is -0.324 e. The lowest BCUT2D eigenvalue weighted by Crippen LogP contribution is -2.47. The van der Waals surface area contributed by atoms with Crippen molar-refractivity contribution in [3.8, 4) is 0 Å². The van der Waals surface area contributed by atoms with E-state index in [0.29, 0.717) is 12.1 Å². The normalized spacial score (nSPS) is 14.4. The van der Waals surface area contributed by atoms with Gasteiger partial charge < -0.3 is 5.32 Å². The van der Waals surface area contributed by atoms with E-state index in [2.05, 4.69) is 5.32 Å². The molecule has 7 heteroatoms. The molecule has 1 heterocycles. The zero-order valence-corrected chi connectivity index (χ0v) is 17.3. The predicted molar refractivity (Wildman–Crippen MR) is 110 cm³/mol. The first kappa shape index (κ1) is 20.4. The van der Waals surface area contributed by atoms with E-state index < -0.39 is 23.8 Å². The summed E-state index contributed by atoms with van der Waals surface area (Å²) >= 11 is 12.0. The molecule has 0 saturated carbocycles. The van der Waals surface area contributed by atoms with Crippen LogP contribution in [0, 0.1) is 12.8 Å². The summed E-state index contributed by atoms with van der Waals surface area (Å²) in [6.07, 6.45) is 0.338. The van der Waals surface area contributed by atoms with Crippen molar-refractivity contribution in [1.82, 2.24) is 4.90 Å². The number of nitrogens with zero attached hydrogens (tertiary/aromatic N) is 1. The van der Waals surface area contributed by atoms with E-state index in [0.717, 1.165) is 10.5 Å². The number of hydrogen-bond donors (Lipinski definition) is 1. The summed E-state index contributed by atoms with van der Waals surface area (Å²) in [5.74, 6) is -1.40. The van der Waals surface area contributed by atoms with Crippen LogP contribution in [0.2, 0.25) is 10.0 Å². The molecule has 3 rings (SSSR count). The number of nitrogens with one attached hydrogen (secondary N) is 1. The Kier molecular flexibility index (Phi) is 5.77. The molecule has 3 amide bonds. The van der Waals surface area contributed by atoms with Crippen LogP contribution in [0.25, 0.3) is 0 Å². The average molecular weight is 419 g/mol. The molecule has 28 heavy (non-hydrogen) atoms. The number of rotatable bonds is 5. The fourth-order valence-corrected chi connectivity index (χ4v) is 3.59. The van der Waals surface area contributed by atoms with E-state index in [9.17, 15) is 14.4 Å². The van der Waals surface area contributed by atoms with Gasteiger partial charge in [-0.1, -0.05) is 49.2 Å². The van der Waals surface area contributed by atoms with Crippen molar-refractivity contribution < 1.29 is 14.4 Å². The van der Waals surface area contributed by atoms with Crippen LogP contribution in [0.15, 0.2) is 36.4 Å². The van der Waals surface area contributed by atoms with Gasteiger partial charge in [-0.3, -0.25) is 19.3 Å². The van der Waals surface area contributed by atoms with E-state index >= 15 is 0 Å². The molecule has 1 aliphatic heterocycles. The van der Waals surface area contributed by atoms with Gasteiger partial charge in [0.05, 0.1) is 21.2 Å². The van der Waals surface area contributed by atoms with Crippen LogP contribution in [-0.2, 0) is 4.79 Å². The molecule has 1 atom stereocenters. The van der Waals surface area contributed by atoms with Crippen LogP contribution in [0.4, 0.5) is 5.69 Å². The Morgan fingerprint density at radius 1 is 1.04 bits per heavy atom. The van der Waals surface area contributed by atoms with Crippen LogP contribution >= 0.6 is 23.2 Å². The number of halogens is 2. The first-order chi connectivity index (χ1) is 13.2. The molecule has 0 fully saturated rings. The standard InChI is InChI=1S/C21H20Cl2N2O3/c1-11(2)7-18(19(26)24-13-6-4-5-12(3)8-13)25-20(27)14-9-16(22)17(23)10-15(14)21(25)28/h4-6,8-11,18H,7H2,1-3H3,(H,24,26)/t18-/m1/s1. The monoisotopic (exact) mass is 418 g/mol. The van der Waals surface area contributed by atoms with Gasteiger partial charge in [-0.05, 0) is 49.1 Å². The lowest BCUT2D eigenvalue weighted by atomic mass is 10.0. The number of imide groups is 1. The van der Waals surface area contributed by atoms with E-state index in [4.69, 9.17) is 23.2 Å². The highest BCUT2D eigenvalue weighted by Crippen LogP contribution is 2.33. The molecule has 0 unspecified atom stereocenters. The number of hydrogen-bond acceptors (Lipinski definition) is 3. The minimum absolute atomic E-state index is 0.0877. The van der Waals surface area contributed by atoms with Gasteiger partial charge in [-0.2, -0.15) is 0 Å². The third-order valence-corrected chi connectivity index (χ3v) is 5.28. The molecule has 2 aromatic carbocycles. The summed E-state index contributed by atoms with van der Waals surface area (Å²) in [6, 6.07) is 9.15. The average Bonchev–Trinajstić information content (AvgIpc) is 2.84.